The molecular weight excluding hydrogens is 258 g/mol. The maximum absolute atomic E-state index is 6.15. The van der Waals surface area contributed by atoms with Crippen LogP contribution in [0.15, 0.2) is 43.0 Å². The van der Waals surface area contributed by atoms with E-state index in [1.807, 2.05) is 6.07 Å². The number of hydrogen-bond acceptors (Lipinski definition) is 2. The summed E-state index contributed by atoms with van der Waals surface area (Å²) < 4.78 is 6.15. The second-order valence-corrected chi connectivity index (χ2v) is 6.63. The Morgan fingerprint density at radius 2 is 2.00 bits per heavy atom. The molecule has 2 rings (SSSR count). The van der Waals surface area contributed by atoms with E-state index in [4.69, 9.17) is 4.74 Å². The topological polar surface area (TPSA) is 12.5 Å². The van der Waals surface area contributed by atoms with E-state index in [2.05, 4.69) is 62.6 Å². The molecule has 1 aromatic rings. The van der Waals surface area contributed by atoms with Gasteiger partial charge in [0.2, 0.25) is 0 Å². The minimum atomic E-state index is 0.356. The van der Waals surface area contributed by atoms with Crippen molar-refractivity contribution in [2.45, 2.75) is 45.9 Å². The number of benzene rings is 1. The molecule has 116 valence electrons. The Kier molecular flexibility index (Phi) is 6.01. The average Bonchev–Trinajstić information content (AvgIpc) is 2.89. The zero-order valence-corrected chi connectivity index (χ0v) is 13.7. The Labute approximate surface area is 129 Å². The zero-order chi connectivity index (χ0) is 15.2. The second kappa shape index (κ2) is 7.77. The highest BCUT2D eigenvalue weighted by Crippen LogP contribution is 2.27. The molecule has 1 aliphatic rings. The van der Waals surface area contributed by atoms with Crippen molar-refractivity contribution in [3.05, 3.63) is 48.6 Å². The predicted octanol–water partition coefficient (Wildman–Crippen LogP) is 4.12. The first-order valence-corrected chi connectivity index (χ1v) is 8.12. The molecule has 3 unspecified atom stereocenters. The maximum Gasteiger partial charge on any atom is 0.0721 e. The zero-order valence-electron chi connectivity index (χ0n) is 13.7. The minimum absolute atomic E-state index is 0.356. The van der Waals surface area contributed by atoms with E-state index in [1.54, 1.807) is 0 Å². The molecule has 3 atom stereocenters. The lowest BCUT2D eigenvalue weighted by Crippen LogP contribution is -2.36. The molecule has 2 heteroatoms. The summed E-state index contributed by atoms with van der Waals surface area (Å²) in [5.41, 5.74) is 1.26. The minimum Gasteiger partial charge on any atom is -0.372 e. The van der Waals surface area contributed by atoms with Gasteiger partial charge in [-0.05, 0) is 23.8 Å². The molecule has 0 N–H and O–H groups in total. The van der Waals surface area contributed by atoms with Gasteiger partial charge in [0.25, 0.3) is 0 Å². The highest BCUT2D eigenvalue weighted by molar-refractivity contribution is 5.13. The summed E-state index contributed by atoms with van der Waals surface area (Å²) in [6.45, 7) is 13.6. The van der Waals surface area contributed by atoms with Crippen molar-refractivity contribution in [3.63, 3.8) is 0 Å². The van der Waals surface area contributed by atoms with E-state index in [-0.39, 0.29) is 0 Å². The van der Waals surface area contributed by atoms with E-state index in [9.17, 15) is 0 Å². The molecule has 1 saturated heterocycles. The summed E-state index contributed by atoms with van der Waals surface area (Å²) in [5, 5.41) is 0. The van der Waals surface area contributed by atoms with Crippen molar-refractivity contribution in [2.24, 2.45) is 11.8 Å². The number of rotatable bonds is 7. The Morgan fingerprint density at radius 1 is 1.29 bits per heavy atom. The van der Waals surface area contributed by atoms with Crippen LogP contribution in [0.2, 0.25) is 0 Å². The fraction of sp³-hybridized carbons (Fsp3) is 0.579. The van der Waals surface area contributed by atoms with Crippen molar-refractivity contribution in [3.8, 4) is 0 Å². The predicted molar refractivity (Wildman–Crippen MR) is 89.2 cm³/mol. The summed E-state index contributed by atoms with van der Waals surface area (Å²) in [5.74, 6) is 1.21. The van der Waals surface area contributed by atoms with Gasteiger partial charge in [0, 0.05) is 19.1 Å². The van der Waals surface area contributed by atoms with Gasteiger partial charge in [0.05, 0.1) is 12.7 Å². The van der Waals surface area contributed by atoms with E-state index >= 15 is 0 Å². The average molecular weight is 287 g/mol. The van der Waals surface area contributed by atoms with E-state index in [1.165, 1.54) is 5.56 Å². The van der Waals surface area contributed by atoms with Crippen LogP contribution in [0.1, 0.15) is 32.8 Å². The molecule has 1 aromatic carbocycles. The van der Waals surface area contributed by atoms with Crippen LogP contribution in [0.3, 0.4) is 0 Å². The molecule has 0 bridgehead atoms. The SMILES string of the molecule is C=CC(C)CN1CC(OCc2ccccc2)CC1C(C)C. The van der Waals surface area contributed by atoms with Gasteiger partial charge in [0.1, 0.15) is 0 Å². The lowest BCUT2D eigenvalue weighted by Gasteiger charge is -2.28. The Morgan fingerprint density at radius 3 is 2.62 bits per heavy atom. The summed E-state index contributed by atoms with van der Waals surface area (Å²) in [4.78, 5) is 2.59. The molecule has 1 aliphatic heterocycles. The number of ether oxygens (including phenoxy) is 1. The third-order valence-electron chi connectivity index (χ3n) is 4.43. The molecule has 21 heavy (non-hydrogen) atoms. The van der Waals surface area contributed by atoms with E-state index < -0.39 is 0 Å². The third kappa shape index (κ3) is 4.69. The van der Waals surface area contributed by atoms with E-state index in [0.29, 0.717) is 24.0 Å². The monoisotopic (exact) mass is 287 g/mol. The van der Waals surface area contributed by atoms with Crippen LogP contribution in [0, 0.1) is 11.8 Å². The Bertz CT molecular complexity index is 428. The standard InChI is InChI=1S/C19H29NO/c1-5-16(4)12-20-13-18(11-19(20)15(2)3)21-14-17-9-7-6-8-10-17/h5-10,15-16,18-19H,1,11-14H2,2-4H3. The smallest absolute Gasteiger partial charge is 0.0721 e. The molecule has 0 amide bonds. The molecule has 1 fully saturated rings. The number of hydrogen-bond donors (Lipinski definition) is 0. The number of likely N-dealkylation sites (tertiary alicyclic amines) is 1. The van der Waals surface area contributed by atoms with Crippen LogP contribution in [0.25, 0.3) is 0 Å². The molecule has 0 aromatic heterocycles. The lowest BCUT2D eigenvalue weighted by molar-refractivity contribution is 0.0461. The van der Waals surface area contributed by atoms with Crippen molar-refractivity contribution in [1.82, 2.24) is 4.90 Å². The van der Waals surface area contributed by atoms with Crippen LogP contribution in [-0.4, -0.2) is 30.1 Å². The normalized spacial score (nSPS) is 24.4. The summed E-state index contributed by atoms with van der Waals surface area (Å²) in [6, 6.07) is 11.1. The number of nitrogens with zero attached hydrogens (tertiary/aromatic N) is 1. The second-order valence-electron chi connectivity index (χ2n) is 6.63. The highest BCUT2D eigenvalue weighted by atomic mass is 16.5. The van der Waals surface area contributed by atoms with Crippen molar-refractivity contribution in [2.75, 3.05) is 13.1 Å². The molecule has 1 heterocycles. The largest absolute Gasteiger partial charge is 0.372 e. The van der Waals surface area contributed by atoms with Crippen LogP contribution in [0.4, 0.5) is 0 Å². The van der Waals surface area contributed by atoms with Gasteiger partial charge in [-0.2, -0.15) is 0 Å². The van der Waals surface area contributed by atoms with Gasteiger partial charge in [-0.25, -0.2) is 0 Å². The van der Waals surface area contributed by atoms with Gasteiger partial charge in [-0.1, -0.05) is 57.2 Å². The van der Waals surface area contributed by atoms with Gasteiger partial charge in [-0.15, -0.1) is 6.58 Å². The molecule has 2 nitrogen and oxygen atoms in total. The van der Waals surface area contributed by atoms with Crippen LogP contribution in [0.5, 0.6) is 0 Å². The van der Waals surface area contributed by atoms with Gasteiger partial charge in [0.15, 0.2) is 0 Å². The van der Waals surface area contributed by atoms with Crippen LogP contribution < -0.4 is 0 Å². The first kappa shape index (κ1) is 16.3. The first-order valence-electron chi connectivity index (χ1n) is 8.12. The van der Waals surface area contributed by atoms with E-state index in [0.717, 1.165) is 26.1 Å². The Hall–Kier alpha value is -1.12. The van der Waals surface area contributed by atoms with Crippen molar-refractivity contribution >= 4 is 0 Å². The highest BCUT2D eigenvalue weighted by Gasteiger charge is 2.34. The van der Waals surface area contributed by atoms with Gasteiger partial charge < -0.3 is 4.74 Å². The van der Waals surface area contributed by atoms with Crippen LogP contribution >= 0.6 is 0 Å². The fourth-order valence-corrected chi connectivity index (χ4v) is 3.15. The first-order chi connectivity index (χ1) is 10.1. The van der Waals surface area contributed by atoms with Gasteiger partial charge >= 0.3 is 0 Å². The van der Waals surface area contributed by atoms with Crippen molar-refractivity contribution < 1.29 is 4.74 Å². The van der Waals surface area contributed by atoms with Crippen molar-refractivity contribution in [1.29, 1.82) is 0 Å². The quantitative estimate of drug-likeness (QED) is 0.699. The molecule has 0 radical (unpaired) electrons. The summed E-state index contributed by atoms with van der Waals surface area (Å²) >= 11 is 0. The lowest BCUT2D eigenvalue weighted by atomic mass is 10.0. The molecule has 0 aliphatic carbocycles. The maximum atomic E-state index is 6.15. The molecular formula is C19H29NO. The van der Waals surface area contributed by atoms with Crippen LogP contribution in [-0.2, 0) is 11.3 Å². The fourth-order valence-electron chi connectivity index (χ4n) is 3.15. The summed E-state index contributed by atoms with van der Waals surface area (Å²) in [7, 11) is 0. The third-order valence-corrected chi connectivity index (χ3v) is 4.43. The van der Waals surface area contributed by atoms with Gasteiger partial charge in [-0.3, -0.25) is 4.90 Å². The molecule has 0 spiro atoms. The summed E-state index contributed by atoms with van der Waals surface area (Å²) in [6.07, 6.45) is 3.55. The molecule has 0 saturated carbocycles. The Balaban J connectivity index is 1.89.